The maximum absolute atomic E-state index is 12.0. The Bertz CT molecular complexity index is 902. The number of hydrogen-bond donors (Lipinski definition) is 2. The van der Waals surface area contributed by atoms with Gasteiger partial charge in [0, 0.05) is 13.6 Å². The minimum atomic E-state index is -0.193. The number of imidazole rings is 1. The molecule has 2 aromatic carbocycles. The quantitative estimate of drug-likeness (QED) is 0.720. The van der Waals surface area contributed by atoms with E-state index >= 15 is 0 Å². The van der Waals surface area contributed by atoms with Gasteiger partial charge >= 0.3 is 0 Å². The van der Waals surface area contributed by atoms with Crippen molar-refractivity contribution in [2.24, 2.45) is 12.8 Å². The van der Waals surface area contributed by atoms with Crippen molar-refractivity contribution >= 4 is 16.9 Å². The molecule has 0 saturated carbocycles. The van der Waals surface area contributed by atoms with Crippen molar-refractivity contribution in [2.45, 2.75) is 20.0 Å². The molecule has 0 unspecified atom stereocenters. The molecule has 0 saturated heterocycles. The van der Waals surface area contributed by atoms with Crippen molar-refractivity contribution in [1.29, 1.82) is 0 Å². The molecule has 3 aromatic rings. The summed E-state index contributed by atoms with van der Waals surface area (Å²) < 4.78 is 7.50. The lowest BCUT2D eigenvalue weighted by Gasteiger charge is -2.08. The maximum atomic E-state index is 12.0. The first-order valence-corrected chi connectivity index (χ1v) is 8.17. The number of nitrogens with two attached hydrogens (primary N) is 1. The van der Waals surface area contributed by atoms with Crippen LogP contribution < -0.4 is 15.8 Å². The number of benzene rings is 2. The van der Waals surface area contributed by atoms with Crippen LogP contribution in [0, 0.1) is 6.92 Å². The number of aryl methyl sites for hydroxylation is 2. The molecule has 6 nitrogen and oxygen atoms in total. The molecule has 1 aromatic heterocycles. The number of amides is 1. The Morgan fingerprint density at radius 1 is 1.28 bits per heavy atom. The van der Waals surface area contributed by atoms with Crippen molar-refractivity contribution in [2.75, 3.05) is 6.61 Å². The highest BCUT2D eigenvalue weighted by atomic mass is 16.5. The molecule has 0 aliphatic carbocycles. The molecule has 3 N–H and O–H groups in total. The van der Waals surface area contributed by atoms with Gasteiger partial charge in [-0.25, -0.2) is 4.98 Å². The van der Waals surface area contributed by atoms with E-state index in [2.05, 4.69) is 16.4 Å². The first-order chi connectivity index (χ1) is 12.1. The lowest BCUT2D eigenvalue weighted by atomic mass is 10.2. The molecule has 1 amide bonds. The summed E-state index contributed by atoms with van der Waals surface area (Å²) in [6, 6.07) is 13.5. The Kier molecular flexibility index (Phi) is 5.00. The molecule has 3 rings (SSSR count). The number of hydrogen-bond acceptors (Lipinski definition) is 4. The molecule has 0 fully saturated rings. The van der Waals surface area contributed by atoms with Crippen LogP contribution in [0.1, 0.15) is 17.0 Å². The third-order valence-electron chi connectivity index (χ3n) is 4.08. The molecular formula is C19H22N4O2. The number of ether oxygens (including phenoxy) is 1. The minimum Gasteiger partial charge on any atom is -0.484 e. The highest BCUT2D eigenvalue weighted by Crippen LogP contribution is 2.16. The molecule has 6 heteroatoms. The van der Waals surface area contributed by atoms with E-state index in [1.165, 1.54) is 0 Å². The zero-order valence-electron chi connectivity index (χ0n) is 14.5. The number of carbonyl (C=O) groups excluding carboxylic acids is 1. The molecule has 25 heavy (non-hydrogen) atoms. The summed E-state index contributed by atoms with van der Waals surface area (Å²) in [5.74, 6) is 1.25. The number of aromatic nitrogens is 2. The normalized spacial score (nSPS) is 10.8. The van der Waals surface area contributed by atoms with Crippen LogP contribution in [0.2, 0.25) is 0 Å². The molecule has 0 aliphatic rings. The van der Waals surface area contributed by atoms with E-state index in [1.807, 2.05) is 48.9 Å². The fraction of sp³-hybridized carbons (Fsp3) is 0.263. The number of nitrogens with one attached hydrogen (secondary N) is 1. The van der Waals surface area contributed by atoms with Gasteiger partial charge in [-0.1, -0.05) is 18.2 Å². The summed E-state index contributed by atoms with van der Waals surface area (Å²) in [6.45, 7) is 2.79. The maximum Gasteiger partial charge on any atom is 0.258 e. The van der Waals surface area contributed by atoms with Crippen LogP contribution in [0.15, 0.2) is 42.5 Å². The average Bonchev–Trinajstić information content (AvgIpc) is 2.93. The van der Waals surface area contributed by atoms with Crippen molar-refractivity contribution in [3.05, 3.63) is 59.4 Å². The van der Waals surface area contributed by atoms with Crippen LogP contribution in [-0.4, -0.2) is 22.1 Å². The zero-order chi connectivity index (χ0) is 17.8. The summed E-state index contributed by atoms with van der Waals surface area (Å²) in [4.78, 5) is 16.6. The van der Waals surface area contributed by atoms with Crippen molar-refractivity contribution in [3.8, 4) is 5.75 Å². The molecule has 0 radical (unpaired) electrons. The summed E-state index contributed by atoms with van der Waals surface area (Å²) in [6.07, 6.45) is 0. The zero-order valence-corrected chi connectivity index (χ0v) is 14.5. The van der Waals surface area contributed by atoms with Gasteiger partial charge in [-0.2, -0.15) is 0 Å². The van der Waals surface area contributed by atoms with Crippen LogP contribution in [0.3, 0.4) is 0 Å². The lowest BCUT2D eigenvalue weighted by Crippen LogP contribution is -2.29. The van der Waals surface area contributed by atoms with Gasteiger partial charge < -0.3 is 20.4 Å². The third kappa shape index (κ3) is 3.97. The second-order valence-electron chi connectivity index (χ2n) is 6.00. The molecule has 1 heterocycles. The molecular weight excluding hydrogens is 316 g/mol. The number of fused-ring (bicyclic) bond motifs is 1. The highest BCUT2D eigenvalue weighted by Gasteiger charge is 2.10. The van der Waals surface area contributed by atoms with Crippen molar-refractivity contribution in [1.82, 2.24) is 14.9 Å². The van der Waals surface area contributed by atoms with E-state index in [1.54, 1.807) is 6.07 Å². The van der Waals surface area contributed by atoms with Gasteiger partial charge in [-0.3, -0.25) is 4.79 Å². The van der Waals surface area contributed by atoms with E-state index in [-0.39, 0.29) is 12.5 Å². The van der Waals surface area contributed by atoms with Crippen molar-refractivity contribution in [3.63, 3.8) is 0 Å². The summed E-state index contributed by atoms with van der Waals surface area (Å²) in [5.41, 5.74) is 9.70. The van der Waals surface area contributed by atoms with E-state index in [9.17, 15) is 4.79 Å². The van der Waals surface area contributed by atoms with Crippen LogP contribution in [0.25, 0.3) is 11.0 Å². The predicted octanol–water partition coefficient (Wildman–Crippen LogP) is 2.04. The summed E-state index contributed by atoms with van der Waals surface area (Å²) in [7, 11) is 1.95. The Morgan fingerprint density at radius 2 is 2.12 bits per heavy atom. The Balaban J connectivity index is 1.58. The number of nitrogens with zero attached hydrogens (tertiary/aromatic N) is 2. The lowest BCUT2D eigenvalue weighted by molar-refractivity contribution is -0.123. The second-order valence-corrected chi connectivity index (χ2v) is 6.00. The monoisotopic (exact) mass is 338 g/mol. The molecule has 0 spiro atoms. The second kappa shape index (κ2) is 7.36. The largest absolute Gasteiger partial charge is 0.484 e. The van der Waals surface area contributed by atoms with Crippen LogP contribution in [0.4, 0.5) is 0 Å². The van der Waals surface area contributed by atoms with Gasteiger partial charge in [-0.05, 0) is 42.3 Å². The van der Waals surface area contributed by atoms with Crippen LogP contribution in [-0.2, 0) is 24.9 Å². The Labute approximate surface area is 146 Å². The summed E-state index contributed by atoms with van der Waals surface area (Å²) in [5, 5.41) is 2.84. The predicted molar refractivity (Wildman–Crippen MR) is 97.1 cm³/mol. The smallest absolute Gasteiger partial charge is 0.258 e. The van der Waals surface area contributed by atoms with E-state index < -0.39 is 0 Å². The number of carbonyl (C=O) groups is 1. The van der Waals surface area contributed by atoms with Gasteiger partial charge in [0.1, 0.15) is 11.6 Å². The van der Waals surface area contributed by atoms with E-state index in [0.29, 0.717) is 18.8 Å². The van der Waals surface area contributed by atoms with Crippen LogP contribution in [0.5, 0.6) is 5.75 Å². The standard InChI is InChI=1S/C19H22N4O2/c1-13-6-7-17-16(8-13)22-18(23(17)2)11-21-19(24)12-25-15-5-3-4-14(9-15)10-20/h3-9H,10-12,20H2,1-2H3,(H,21,24). The topological polar surface area (TPSA) is 82.2 Å². The van der Waals surface area contributed by atoms with E-state index in [4.69, 9.17) is 10.5 Å². The van der Waals surface area contributed by atoms with Crippen LogP contribution >= 0.6 is 0 Å². The van der Waals surface area contributed by atoms with Gasteiger partial charge in [-0.15, -0.1) is 0 Å². The van der Waals surface area contributed by atoms with Gasteiger partial charge in [0.05, 0.1) is 17.6 Å². The Hall–Kier alpha value is -2.86. The first-order valence-electron chi connectivity index (χ1n) is 8.17. The molecule has 0 bridgehead atoms. The Morgan fingerprint density at radius 3 is 2.92 bits per heavy atom. The van der Waals surface area contributed by atoms with Crippen molar-refractivity contribution < 1.29 is 9.53 Å². The van der Waals surface area contributed by atoms with E-state index in [0.717, 1.165) is 28.0 Å². The molecule has 0 aliphatic heterocycles. The number of rotatable bonds is 6. The molecule has 0 atom stereocenters. The minimum absolute atomic E-state index is 0.0446. The fourth-order valence-electron chi connectivity index (χ4n) is 2.66. The fourth-order valence-corrected chi connectivity index (χ4v) is 2.66. The summed E-state index contributed by atoms with van der Waals surface area (Å²) >= 11 is 0. The SMILES string of the molecule is Cc1ccc2c(c1)nc(CNC(=O)COc1cccc(CN)c1)n2C. The highest BCUT2D eigenvalue weighted by molar-refractivity contribution is 5.78. The first kappa shape index (κ1) is 17.0. The van der Waals surface area contributed by atoms with Gasteiger partial charge in [0.2, 0.25) is 0 Å². The third-order valence-corrected chi connectivity index (χ3v) is 4.08. The average molecular weight is 338 g/mol. The van der Waals surface area contributed by atoms with Gasteiger partial charge in [0.25, 0.3) is 5.91 Å². The molecule has 130 valence electrons. The van der Waals surface area contributed by atoms with Gasteiger partial charge in [0.15, 0.2) is 6.61 Å².